The van der Waals surface area contributed by atoms with Crippen molar-refractivity contribution in [2.75, 3.05) is 9.80 Å². The van der Waals surface area contributed by atoms with Crippen molar-refractivity contribution >= 4 is 68.3 Å². The molecule has 8 nitrogen and oxygen atoms in total. The van der Waals surface area contributed by atoms with Crippen molar-refractivity contribution in [3.63, 3.8) is 0 Å². The number of carbonyl (C=O) groups is 2. The van der Waals surface area contributed by atoms with Gasteiger partial charge in [0.2, 0.25) is 10.9 Å². The molecule has 1 spiro atoms. The summed E-state index contributed by atoms with van der Waals surface area (Å²) in [6.45, 7) is 4.11. The first kappa shape index (κ1) is 29.6. The molecule has 1 unspecified atom stereocenters. The van der Waals surface area contributed by atoms with E-state index in [0.717, 1.165) is 22.3 Å². The van der Waals surface area contributed by atoms with Crippen molar-refractivity contribution in [3.8, 4) is 0 Å². The Balaban J connectivity index is 1.33. The third-order valence-electron chi connectivity index (χ3n) is 8.77. The number of hydrogen-bond acceptors (Lipinski definition) is 8. The van der Waals surface area contributed by atoms with E-state index in [4.69, 9.17) is 16.0 Å². The average molecular weight is 677 g/mol. The van der Waals surface area contributed by atoms with E-state index in [2.05, 4.69) is 10.2 Å². The molecule has 0 radical (unpaired) electrons. The lowest BCUT2D eigenvalue weighted by atomic mass is 9.84. The summed E-state index contributed by atoms with van der Waals surface area (Å²) in [5.74, 6) is -0.703. The minimum Gasteiger partial charge on any atom is -0.450 e. The average Bonchev–Trinajstić information content (AvgIpc) is 3.71. The Bertz CT molecular complexity index is 2340. The van der Waals surface area contributed by atoms with Crippen LogP contribution in [0.25, 0.3) is 11.0 Å². The number of amides is 2. The first-order valence-electron chi connectivity index (χ1n) is 14.9. The van der Waals surface area contributed by atoms with Gasteiger partial charge >= 0.3 is 0 Å². The maximum Gasteiger partial charge on any atom is 0.297 e. The van der Waals surface area contributed by atoms with E-state index >= 15 is 4.79 Å². The molecule has 232 valence electrons. The zero-order chi connectivity index (χ0) is 32.4. The molecule has 8 rings (SSSR count). The van der Waals surface area contributed by atoms with Crippen molar-refractivity contribution < 1.29 is 14.0 Å². The number of aryl methyl sites for hydroxylation is 2. The summed E-state index contributed by atoms with van der Waals surface area (Å²) in [5, 5.41) is 9.95. The predicted octanol–water partition coefficient (Wildman–Crippen LogP) is 7.66. The van der Waals surface area contributed by atoms with E-state index in [1.54, 1.807) is 23.1 Å². The smallest absolute Gasteiger partial charge is 0.297 e. The van der Waals surface area contributed by atoms with Gasteiger partial charge in [-0.2, -0.15) is 0 Å². The van der Waals surface area contributed by atoms with E-state index < -0.39 is 22.8 Å². The Hall–Kier alpha value is -4.77. The number of carbonyl (C=O) groups excluding carboxylic acids is 2. The van der Waals surface area contributed by atoms with Crippen LogP contribution in [0.1, 0.15) is 43.9 Å². The number of thioether (sulfide) groups is 1. The van der Waals surface area contributed by atoms with Crippen LogP contribution >= 0.6 is 34.7 Å². The van der Waals surface area contributed by atoms with E-state index in [1.807, 2.05) is 86.6 Å². The van der Waals surface area contributed by atoms with Crippen molar-refractivity contribution in [1.29, 1.82) is 0 Å². The lowest BCUT2D eigenvalue weighted by Crippen LogP contribution is -2.53. The van der Waals surface area contributed by atoms with E-state index in [1.165, 1.54) is 28.0 Å². The highest BCUT2D eigenvalue weighted by Gasteiger charge is 2.66. The lowest BCUT2D eigenvalue weighted by Gasteiger charge is -2.32. The summed E-state index contributed by atoms with van der Waals surface area (Å²) in [4.78, 5) is 47.3. The monoisotopic (exact) mass is 676 g/mol. The van der Waals surface area contributed by atoms with Crippen LogP contribution in [0.4, 0.5) is 10.8 Å². The highest BCUT2D eigenvalue weighted by atomic mass is 35.5. The van der Waals surface area contributed by atoms with Crippen LogP contribution in [0, 0.1) is 13.8 Å². The maximum absolute atomic E-state index is 15.2. The van der Waals surface area contributed by atoms with Crippen LogP contribution in [0.15, 0.2) is 105 Å². The molecule has 2 amide bonds. The summed E-state index contributed by atoms with van der Waals surface area (Å²) in [6, 6.07) is 27.9. The lowest BCUT2D eigenvalue weighted by molar-refractivity contribution is -0.121. The zero-order valence-electron chi connectivity index (χ0n) is 25.2. The molecular formula is C36H25ClN4O4S2. The predicted molar refractivity (Wildman–Crippen MR) is 185 cm³/mol. The summed E-state index contributed by atoms with van der Waals surface area (Å²) < 4.78 is 6.80. The number of para-hydroxylation sites is 1. The van der Waals surface area contributed by atoms with Crippen molar-refractivity contribution in [2.24, 2.45) is 0 Å². The van der Waals surface area contributed by atoms with E-state index in [-0.39, 0.29) is 28.6 Å². The number of halogens is 1. The van der Waals surface area contributed by atoms with Crippen LogP contribution in [0.2, 0.25) is 5.02 Å². The normalized spacial score (nSPS) is 16.8. The second-order valence-electron chi connectivity index (χ2n) is 11.6. The molecule has 1 atom stereocenters. The fourth-order valence-corrected chi connectivity index (χ4v) is 8.68. The molecule has 0 bridgehead atoms. The summed E-state index contributed by atoms with van der Waals surface area (Å²) >= 11 is 8.98. The van der Waals surface area contributed by atoms with Crippen LogP contribution in [0.5, 0.6) is 0 Å². The summed E-state index contributed by atoms with van der Waals surface area (Å²) in [6.07, 6.45) is 0. The molecule has 4 aromatic carbocycles. The topological polar surface area (TPSA) is 96.6 Å². The number of rotatable bonds is 6. The quantitative estimate of drug-likeness (QED) is 0.132. The van der Waals surface area contributed by atoms with Crippen LogP contribution in [-0.2, 0) is 22.6 Å². The maximum atomic E-state index is 15.2. The van der Waals surface area contributed by atoms with Gasteiger partial charge < -0.3 is 9.32 Å². The van der Waals surface area contributed by atoms with Crippen LogP contribution in [-0.4, -0.2) is 22.0 Å². The van der Waals surface area contributed by atoms with Crippen molar-refractivity contribution in [2.45, 2.75) is 36.0 Å². The molecule has 11 heteroatoms. The molecule has 0 aliphatic carbocycles. The number of anilines is 2. The molecule has 2 aliphatic heterocycles. The van der Waals surface area contributed by atoms with Crippen LogP contribution < -0.4 is 15.2 Å². The third-order valence-corrected chi connectivity index (χ3v) is 11.2. The van der Waals surface area contributed by atoms with Crippen LogP contribution in [0.3, 0.4) is 0 Å². The number of hydrogen-bond donors (Lipinski definition) is 0. The molecule has 0 fully saturated rings. The van der Waals surface area contributed by atoms with Crippen molar-refractivity contribution in [1.82, 2.24) is 10.2 Å². The Morgan fingerprint density at radius 3 is 2.45 bits per heavy atom. The second-order valence-corrected chi connectivity index (χ2v) is 14.1. The highest BCUT2D eigenvalue weighted by molar-refractivity contribution is 8.00. The first-order chi connectivity index (χ1) is 22.8. The van der Waals surface area contributed by atoms with Gasteiger partial charge in [0.05, 0.1) is 23.2 Å². The van der Waals surface area contributed by atoms with Gasteiger partial charge in [-0.25, -0.2) is 0 Å². The van der Waals surface area contributed by atoms with Gasteiger partial charge in [-0.15, -0.1) is 10.2 Å². The second kappa shape index (κ2) is 11.2. The van der Waals surface area contributed by atoms with Gasteiger partial charge in [-0.3, -0.25) is 19.3 Å². The van der Waals surface area contributed by atoms with Gasteiger partial charge in [0.1, 0.15) is 5.58 Å². The molecule has 0 saturated heterocycles. The standard InChI is InChI=1S/C36H25ClN4O4S2/c1-20-15-16-28-24(17-20)30(42)29-31(45-28)32(43)41(34-38-39-35(47-34)46-19-23-11-5-7-13-26(23)37)36(29)25-12-6-8-14-27(25)40(33(36)44)18-22-10-4-3-9-21(22)2/h3-17H,18-19H2,1-2H3. The fraction of sp³-hybridized carbons (Fsp3) is 0.139. The molecule has 2 aliphatic rings. The van der Waals surface area contributed by atoms with Gasteiger partial charge in [0, 0.05) is 16.3 Å². The molecule has 2 aromatic heterocycles. The largest absolute Gasteiger partial charge is 0.450 e. The minimum atomic E-state index is -1.85. The number of benzene rings is 4. The number of aromatic nitrogens is 2. The van der Waals surface area contributed by atoms with Gasteiger partial charge in [-0.05, 0) is 54.8 Å². The Labute approximate surface area is 282 Å². The van der Waals surface area contributed by atoms with E-state index in [9.17, 15) is 9.59 Å². The molecule has 0 saturated carbocycles. The SMILES string of the molecule is Cc1ccc2oc3c(c(=O)c2c1)C1(C(=O)N(Cc2ccccc2C)c2ccccc21)N(c1nnc(SCc2ccccc2Cl)s1)C3=O. The number of fused-ring (bicyclic) bond motifs is 5. The fourth-order valence-electron chi connectivity index (χ4n) is 6.50. The Kier molecular flexibility index (Phi) is 7.05. The highest BCUT2D eigenvalue weighted by Crippen LogP contribution is 2.55. The first-order valence-corrected chi connectivity index (χ1v) is 17.0. The Morgan fingerprint density at radius 1 is 0.894 bits per heavy atom. The zero-order valence-corrected chi connectivity index (χ0v) is 27.6. The third kappa shape index (κ3) is 4.46. The minimum absolute atomic E-state index is 0.00851. The summed E-state index contributed by atoms with van der Waals surface area (Å²) in [5.41, 5.74) is 2.83. The molecular weight excluding hydrogens is 652 g/mol. The van der Waals surface area contributed by atoms with Gasteiger partial charge in [0.15, 0.2) is 15.3 Å². The molecule has 0 N–H and O–H groups in total. The van der Waals surface area contributed by atoms with E-state index in [0.29, 0.717) is 31.8 Å². The molecule has 6 aromatic rings. The molecule has 47 heavy (non-hydrogen) atoms. The Morgan fingerprint density at radius 2 is 1.64 bits per heavy atom. The van der Waals surface area contributed by atoms with Crippen molar-refractivity contribution in [3.05, 3.63) is 145 Å². The summed E-state index contributed by atoms with van der Waals surface area (Å²) in [7, 11) is 0. The van der Waals surface area contributed by atoms with Gasteiger partial charge in [0.25, 0.3) is 11.8 Å². The van der Waals surface area contributed by atoms with Gasteiger partial charge in [-0.1, -0.05) is 107 Å². The molecule has 4 heterocycles. The number of nitrogens with zero attached hydrogens (tertiary/aromatic N) is 4.